The molecule has 2 aliphatic heterocycles. The SMILES string of the molecule is CCNC(=NCC(C)(C)N1CC(C)OC(C)C1)NC1CCS(=O)(=O)C1.I. The highest BCUT2D eigenvalue weighted by Crippen LogP contribution is 2.21. The number of hydrogen-bond acceptors (Lipinski definition) is 5. The van der Waals surface area contributed by atoms with Crippen molar-refractivity contribution in [2.75, 3.05) is 37.7 Å². The van der Waals surface area contributed by atoms with Gasteiger partial charge in [-0.1, -0.05) is 0 Å². The Labute approximate surface area is 175 Å². The summed E-state index contributed by atoms with van der Waals surface area (Å²) in [6, 6.07) is -0.0469. The van der Waals surface area contributed by atoms with E-state index in [1.165, 1.54) is 0 Å². The van der Waals surface area contributed by atoms with Crippen LogP contribution in [0.5, 0.6) is 0 Å². The van der Waals surface area contributed by atoms with E-state index in [0.29, 0.717) is 18.9 Å². The molecule has 2 heterocycles. The minimum Gasteiger partial charge on any atom is -0.373 e. The van der Waals surface area contributed by atoms with Gasteiger partial charge in [0.1, 0.15) is 0 Å². The summed E-state index contributed by atoms with van der Waals surface area (Å²) in [4.78, 5) is 7.17. The van der Waals surface area contributed by atoms with Crippen molar-refractivity contribution < 1.29 is 13.2 Å². The molecule has 0 spiro atoms. The normalized spacial score (nSPS) is 29.9. The van der Waals surface area contributed by atoms with E-state index in [1.807, 2.05) is 6.92 Å². The highest BCUT2D eigenvalue weighted by Gasteiger charge is 2.33. The molecule has 2 N–H and O–H groups in total. The van der Waals surface area contributed by atoms with E-state index in [4.69, 9.17) is 9.73 Å². The molecule has 26 heavy (non-hydrogen) atoms. The van der Waals surface area contributed by atoms with Gasteiger partial charge in [-0.25, -0.2) is 8.42 Å². The molecule has 0 aliphatic carbocycles. The summed E-state index contributed by atoms with van der Waals surface area (Å²) in [7, 11) is -2.90. The number of guanidine groups is 1. The van der Waals surface area contributed by atoms with Gasteiger partial charge >= 0.3 is 0 Å². The first-order valence-corrected chi connectivity index (χ1v) is 11.1. The van der Waals surface area contributed by atoms with Crippen molar-refractivity contribution in [1.29, 1.82) is 0 Å². The Hall–Kier alpha value is -0.130. The van der Waals surface area contributed by atoms with Gasteiger partial charge in [-0.3, -0.25) is 9.89 Å². The lowest BCUT2D eigenvalue weighted by Crippen LogP contribution is -2.56. The molecular weight excluding hydrogens is 467 g/mol. The highest BCUT2D eigenvalue weighted by atomic mass is 127. The summed E-state index contributed by atoms with van der Waals surface area (Å²) in [5, 5.41) is 6.51. The number of aliphatic imine (C=N–C) groups is 1. The molecule has 0 amide bonds. The number of morpholine rings is 1. The quantitative estimate of drug-likeness (QED) is 0.335. The van der Waals surface area contributed by atoms with Crippen LogP contribution in [0.3, 0.4) is 0 Å². The number of rotatable bonds is 5. The van der Waals surface area contributed by atoms with Gasteiger partial charge in [0.2, 0.25) is 0 Å². The molecule has 0 radical (unpaired) electrons. The summed E-state index contributed by atoms with van der Waals surface area (Å²) in [5.41, 5.74) is -0.0869. The third-order valence-electron chi connectivity index (χ3n) is 4.82. The van der Waals surface area contributed by atoms with Crippen molar-refractivity contribution in [3.63, 3.8) is 0 Å². The maximum atomic E-state index is 11.6. The van der Waals surface area contributed by atoms with Crippen LogP contribution in [0.2, 0.25) is 0 Å². The van der Waals surface area contributed by atoms with Crippen LogP contribution in [-0.2, 0) is 14.6 Å². The van der Waals surface area contributed by atoms with Gasteiger partial charge in [0, 0.05) is 31.2 Å². The Morgan fingerprint density at radius 2 is 1.88 bits per heavy atom. The molecule has 2 saturated heterocycles. The van der Waals surface area contributed by atoms with Crippen LogP contribution < -0.4 is 10.6 Å². The van der Waals surface area contributed by atoms with Gasteiger partial charge in [-0.15, -0.1) is 24.0 Å². The lowest BCUT2D eigenvalue weighted by molar-refractivity contribution is -0.0939. The number of ether oxygens (including phenoxy) is 1. The van der Waals surface area contributed by atoms with Crippen molar-refractivity contribution in [3.05, 3.63) is 0 Å². The Balaban J connectivity index is 0.00000338. The number of hydrogen-bond donors (Lipinski definition) is 2. The summed E-state index contributed by atoms with van der Waals surface area (Å²) in [6.45, 7) is 13.8. The van der Waals surface area contributed by atoms with Crippen molar-refractivity contribution in [2.24, 2.45) is 4.99 Å². The van der Waals surface area contributed by atoms with Gasteiger partial charge in [-0.2, -0.15) is 0 Å². The van der Waals surface area contributed by atoms with E-state index in [9.17, 15) is 8.42 Å². The van der Waals surface area contributed by atoms with E-state index in [0.717, 1.165) is 19.6 Å². The van der Waals surface area contributed by atoms with Crippen LogP contribution in [0.15, 0.2) is 4.99 Å². The first-order valence-electron chi connectivity index (χ1n) is 9.27. The summed E-state index contributed by atoms with van der Waals surface area (Å²) < 4.78 is 29.1. The zero-order valence-electron chi connectivity index (χ0n) is 16.6. The smallest absolute Gasteiger partial charge is 0.191 e. The molecule has 0 bridgehead atoms. The lowest BCUT2D eigenvalue weighted by atomic mass is 10.0. The van der Waals surface area contributed by atoms with Gasteiger partial charge in [0.15, 0.2) is 15.8 Å². The molecule has 0 aromatic rings. The maximum Gasteiger partial charge on any atom is 0.191 e. The van der Waals surface area contributed by atoms with E-state index in [1.54, 1.807) is 0 Å². The Bertz CT molecular complexity index is 573. The third kappa shape index (κ3) is 7.12. The fourth-order valence-corrected chi connectivity index (χ4v) is 5.14. The van der Waals surface area contributed by atoms with E-state index in [2.05, 4.69) is 43.2 Å². The Kier molecular flexibility index (Phi) is 9.09. The van der Waals surface area contributed by atoms with E-state index in [-0.39, 0.29) is 59.3 Å². The summed E-state index contributed by atoms with van der Waals surface area (Å²) in [6.07, 6.45) is 1.10. The zero-order chi connectivity index (χ0) is 18.7. The lowest BCUT2D eigenvalue weighted by Gasteiger charge is -2.44. The molecule has 9 heteroatoms. The third-order valence-corrected chi connectivity index (χ3v) is 6.59. The second-order valence-corrected chi connectivity index (χ2v) is 10.1. The number of nitrogens with one attached hydrogen (secondary N) is 2. The molecule has 3 atom stereocenters. The topological polar surface area (TPSA) is 83.0 Å². The predicted molar refractivity (Wildman–Crippen MR) is 117 cm³/mol. The minimum absolute atomic E-state index is 0. The van der Waals surface area contributed by atoms with E-state index >= 15 is 0 Å². The van der Waals surface area contributed by atoms with Crippen LogP contribution in [0.25, 0.3) is 0 Å². The first-order chi connectivity index (χ1) is 11.6. The highest BCUT2D eigenvalue weighted by molar-refractivity contribution is 14.0. The minimum atomic E-state index is -2.90. The van der Waals surface area contributed by atoms with Crippen molar-refractivity contribution in [3.8, 4) is 0 Å². The molecule has 7 nitrogen and oxygen atoms in total. The average Bonchev–Trinajstić information content (AvgIpc) is 2.83. The largest absolute Gasteiger partial charge is 0.373 e. The van der Waals surface area contributed by atoms with Gasteiger partial charge in [0.05, 0.1) is 30.3 Å². The molecule has 0 saturated carbocycles. The van der Waals surface area contributed by atoms with Crippen LogP contribution in [-0.4, -0.2) is 80.8 Å². The fraction of sp³-hybridized carbons (Fsp3) is 0.941. The standard InChI is InChI=1S/C17H34N4O3S.HI/c1-6-18-16(20-15-7-8-25(22,23)11-15)19-12-17(4,5)21-9-13(2)24-14(3)10-21;/h13-15H,6-12H2,1-5H3,(H2,18,19,20);1H. The molecule has 0 aromatic carbocycles. The zero-order valence-corrected chi connectivity index (χ0v) is 19.8. The van der Waals surface area contributed by atoms with Crippen molar-refractivity contribution >= 4 is 39.8 Å². The van der Waals surface area contributed by atoms with E-state index < -0.39 is 9.84 Å². The fourth-order valence-electron chi connectivity index (χ4n) is 3.47. The number of nitrogens with zero attached hydrogens (tertiary/aromatic N) is 2. The maximum absolute atomic E-state index is 11.6. The molecule has 2 rings (SSSR count). The summed E-state index contributed by atoms with van der Waals surface area (Å²) >= 11 is 0. The second kappa shape index (κ2) is 9.88. The number of halogens is 1. The van der Waals surface area contributed by atoms with Crippen molar-refractivity contribution in [2.45, 2.75) is 64.8 Å². The van der Waals surface area contributed by atoms with Crippen LogP contribution in [0, 0.1) is 0 Å². The molecule has 0 aromatic heterocycles. The van der Waals surface area contributed by atoms with Crippen LogP contribution in [0.1, 0.15) is 41.0 Å². The molecule has 2 aliphatic rings. The molecular formula is C17H35IN4O3S. The molecule has 154 valence electrons. The average molecular weight is 502 g/mol. The first kappa shape index (κ1) is 23.9. The van der Waals surface area contributed by atoms with Crippen LogP contribution in [0.4, 0.5) is 0 Å². The predicted octanol–water partition coefficient (Wildman–Crippen LogP) is 1.23. The van der Waals surface area contributed by atoms with Gasteiger partial charge in [0.25, 0.3) is 0 Å². The van der Waals surface area contributed by atoms with Gasteiger partial charge < -0.3 is 15.4 Å². The Morgan fingerprint density at radius 1 is 1.27 bits per heavy atom. The van der Waals surface area contributed by atoms with Crippen molar-refractivity contribution in [1.82, 2.24) is 15.5 Å². The van der Waals surface area contributed by atoms with Crippen LogP contribution >= 0.6 is 24.0 Å². The summed E-state index contributed by atoms with van der Waals surface area (Å²) in [5.74, 6) is 1.16. The Morgan fingerprint density at radius 3 is 2.38 bits per heavy atom. The second-order valence-electron chi connectivity index (χ2n) is 7.91. The molecule has 3 unspecified atom stereocenters. The monoisotopic (exact) mass is 502 g/mol. The number of sulfone groups is 1. The molecule has 2 fully saturated rings. The van der Waals surface area contributed by atoms with Gasteiger partial charge in [-0.05, 0) is 41.0 Å².